The quantitative estimate of drug-likeness (QED) is 0.292. The number of carbonyl (C=O) groups excluding carboxylic acids is 1. The fraction of sp³-hybridized carbons (Fsp3) is 0.333. The van der Waals surface area contributed by atoms with Gasteiger partial charge in [0, 0.05) is 11.8 Å². The van der Waals surface area contributed by atoms with Crippen molar-refractivity contribution in [3.63, 3.8) is 0 Å². The highest BCUT2D eigenvalue weighted by molar-refractivity contribution is 7.80. The molecule has 0 spiro atoms. The molecular weight excluding hydrogens is 380 g/mol. The smallest absolute Gasteiger partial charge is 0.250 e. The number of ether oxygens (including phenoxy) is 1. The van der Waals surface area contributed by atoms with Gasteiger partial charge in [-0.25, -0.2) is 0 Å². The summed E-state index contributed by atoms with van der Waals surface area (Å²) in [5.41, 5.74) is 2.94. The van der Waals surface area contributed by atoms with Crippen molar-refractivity contribution in [2.75, 3.05) is 11.9 Å². The summed E-state index contributed by atoms with van der Waals surface area (Å²) in [4.78, 5) is 12.0. The molecule has 0 atom stereocenters. The van der Waals surface area contributed by atoms with Crippen molar-refractivity contribution in [1.29, 1.82) is 0 Å². The molecule has 0 aliphatic carbocycles. The number of nitrogens with one attached hydrogen (secondary N) is 2. The minimum Gasteiger partial charge on any atom is -0.494 e. The molecule has 2 aromatic carbocycles. The number of aryl methyl sites for hydroxylation is 1. The molecule has 154 valence electrons. The van der Waals surface area contributed by atoms with Crippen LogP contribution < -0.4 is 15.4 Å². The molecule has 0 bridgehead atoms. The Kier molecular flexibility index (Phi) is 9.93. The van der Waals surface area contributed by atoms with Gasteiger partial charge in [-0.2, -0.15) is 0 Å². The summed E-state index contributed by atoms with van der Waals surface area (Å²) < 4.78 is 5.75. The molecule has 2 aromatic rings. The lowest BCUT2D eigenvalue weighted by Gasteiger charge is -2.10. The number of thiocarbonyl (C=S) groups is 1. The van der Waals surface area contributed by atoms with Gasteiger partial charge in [0.25, 0.3) is 0 Å². The Morgan fingerprint density at radius 1 is 1.00 bits per heavy atom. The summed E-state index contributed by atoms with van der Waals surface area (Å²) in [6.07, 6.45) is 9.32. The zero-order valence-electron chi connectivity index (χ0n) is 17.2. The fourth-order valence-electron chi connectivity index (χ4n) is 2.70. The molecule has 0 aliphatic rings. The highest BCUT2D eigenvalue weighted by Gasteiger charge is 2.02. The summed E-state index contributed by atoms with van der Waals surface area (Å²) in [6.45, 7) is 4.97. The summed E-state index contributed by atoms with van der Waals surface area (Å²) in [7, 11) is 0. The standard InChI is InChI=1S/C24H30N2O2S/c1-3-4-5-6-7-18-28-22-15-13-21(14-16-22)25-24(29)26-23(27)17-12-20-10-8-19(2)9-11-20/h8-17H,3-7,18H2,1-2H3,(H2,25,26,27,29)/b17-12+. The number of rotatable bonds is 10. The van der Waals surface area contributed by atoms with Gasteiger partial charge in [0.1, 0.15) is 5.75 Å². The molecule has 1 amide bonds. The van der Waals surface area contributed by atoms with E-state index in [1.165, 1.54) is 37.3 Å². The first-order valence-electron chi connectivity index (χ1n) is 10.2. The van der Waals surface area contributed by atoms with Gasteiger partial charge in [0.05, 0.1) is 6.61 Å². The number of unbranched alkanes of at least 4 members (excludes halogenated alkanes) is 4. The first kappa shape index (κ1) is 22.6. The van der Waals surface area contributed by atoms with Crippen LogP contribution in [0.4, 0.5) is 5.69 Å². The van der Waals surface area contributed by atoms with Gasteiger partial charge in [0.15, 0.2) is 5.11 Å². The largest absolute Gasteiger partial charge is 0.494 e. The van der Waals surface area contributed by atoms with Crippen LogP contribution in [-0.4, -0.2) is 17.6 Å². The summed E-state index contributed by atoms with van der Waals surface area (Å²) in [5, 5.41) is 5.91. The maximum Gasteiger partial charge on any atom is 0.250 e. The van der Waals surface area contributed by atoms with E-state index in [0.29, 0.717) is 0 Å². The molecule has 0 saturated heterocycles. The van der Waals surface area contributed by atoms with E-state index in [1.54, 1.807) is 6.08 Å². The molecule has 29 heavy (non-hydrogen) atoms. The van der Waals surface area contributed by atoms with Gasteiger partial charge >= 0.3 is 0 Å². The van der Waals surface area contributed by atoms with Crippen molar-refractivity contribution in [2.24, 2.45) is 0 Å². The van der Waals surface area contributed by atoms with E-state index in [0.717, 1.165) is 30.0 Å². The maximum absolute atomic E-state index is 12.0. The van der Waals surface area contributed by atoms with E-state index in [9.17, 15) is 4.79 Å². The maximum atomic E-state index is 12.0. The Hall–Kier alpha value is -2.66. The molecule has 0 aromatic heterocycles. The summed E-state index contributed by atoms with van der Waals surface area (Å²) in [5.74, 6) is 0.563. The first-order chi connectivity index (χ1) is 14.1. The number of hydrogen-bond donors (Lipinski definition) is 2. The predicted octanol–water partition coefficient (Wildman–Crippen LogP) is 5.87. The molecule has 0 aliphatic heterocycles. The number of amides is 1. The molecular formula is C24H30N2O2S. The summed E-state index contributed by atoms with van der Waals surface area (Å²) in [6, 6.07) is 15.5. The van der Waals surface area contributed by atoms with Crippen LogP contribution in [-0.2, 0) is 4.79 Å². The van der Waals surface area contributed by atoms with Crippen molar-refractivity contribution >= 4 is 35.0 Å². The van der Waals surface area contributed by atoms with Crippen molar-refractivity contribution in [1.82, 2.24) is 5.32 Å². The fourth-order valence-corrected chi connectivity index (χ4v) is 2.91. The minimum atomic E-state index is -0.272. The van der Waals surface area contributed by atoms with Crippen LogP contribution >= 0.6 is 12.2 Å². The van der Waals surface area contributed by atoms with Gasteiger partial charge in [-0.3, -0.25) is 10.1 Å². The van der Waals surface area contributed by atoms with E-state index < -0.39 is 0 Å². The van der Waals surface area contributed by atoms with Gasteiger partial charge in [-0.05, 0) is 61.5 Å². The highest BCUT2D eigenvalue weighted by Crippen LogP contribution is 2.16. The second kappa shape index (κ2) is 12.7. The van der Waals surface area contributed by atoms with E-state index >= 15 is 0 Å². The average molecular weight is 411 g/mol. The molecule has 0 heterocycles. The van der Waals surface area contributed by atoms with E-state index in [-0.39, 0.29) is 11.0 Å². The number of anilines is 1. The van der Waals surface area contributed by atoms with Gasteiger partial charge in [0.2, 0.25) is 5.91 Å². The average Bonchev–Trinajstić information content (AvgIpc) is 2.71. The van der Waals surface area contributed by atoms with Crippen LogP contribution in [0.1, 0.15) is 50.2 Å². The topological polar surface area (TPSA) is 50.4 Å². The molecule has 0 saturated carbocycles. The Morgan fingerprint density at radius 2 is 1.69 bits per heavy atom. The predicted molar refractivity (Wildman–Crippen MR) is 125 cm³/mol. The van der Waals surface area contributed by atoms with Crippen LogP contribution in [0, 0.1) is 6.92 Å². The van der Waals surface area contributed by atoms with Crippen LogP contribution in [0.15, 0.2) is 54.6 Å². The molecule has 0 radical (unpaired) electrons. The molecule has 2 N–H and O–H groups in total. The summed E-state index contributed by atoms with van der Waals surface area (Å²) >= 11 is 5.21. The van der Waals surface area contributed by atoms with Crippen molar-refractivity contribution in [3.05, 3.63) is 65.7 Å². The molecule has 0 fully saturated rings. The Morgan fingerprint density at radius 3 is 2.38 bits per heavy atom. The second-order valence-electron chi connectivity index (χ2n) is 6.97. The number of benzene rings is 2. The lowest BCUT2D eigenvalue weighted by molar-refractivity contribution is -0.115. The third-order valence-corrected chi connectivity index (χ3v) is 4.57. The van der Waals surface area contributed by atoms with Gasteiger partial charge < -0.3 is 10.1 Å². The first-order valence-corrected chi connectivity index (χ1v) is 10.6. The van der Waals surface area contributed by atoms with Crippen molar-refractivity contribution < 1.29 is 9.53 Å². The Balaban J connectivity index is 1.71. The van der Waals surface area contributed by atoms with Crippen LogP contribution in [0.3, 0.4) is 0 Å². The molecule has 2 rings (SSSR count). The van der Waals surface area contributed by atoms with E-state index in [4.69, 9.17) is 17.0 Å². The van der Waals surface area contributed by atoms with Crippen LogP contribution in [0.5, 0.6) is 5.75 Å². The number of carbonyl (C=O) groups is 1. The molecule has 4 nitrogen and oxygen atoms in total. The third-order valence-electron chi connectivity index (χ3n) is 4.37. The highest BCUT2D eigenvalue weighted by atomic mass is 32.1. The minimum absolute atomic E-state index is 0.258. The Labute approximate surface area is 179 Å². The normalized spacial score (nSPS) is 10.7. The van der Waals surface area contributed by atoms with Crippen molar-refractivity contribution in [3.8, 4) is 5.75 Å². The molecule has 5 heteroatoms. The second-order valence-corrected chi connectivity index (χ2v) is 7.38. The lowest BCUT2D eigenvalue weighted by atomic mass is 10.1. The third kappa shape index (κ3) is 9.39. The lowest BCUT2D eigenvalue weighted by Crippen LogP contribution is -2.32. The van der Waals surface area contributed by atoms with E-state index in [2.05, 4.69) is 17.6 Å². The zero-order valence-corrected chi connectivity index (χ0v) is 18.1. The van der Waals surface area contributed by atoms with Crippen LogP contribution in [0.2, 0.25) is 0 Å². The SMILES string of the molecule is CCCCCCCOc1ccc(NC(=S)NC(=O)/C=C/c2ccc(C)cc2)cc1. The van der Waals surface area contributed by atoms with Gasteiger partial charge in [-0.15, -0.1) is 0 Å². The molecule has 0 unspecified atom stereocenters. The van der Waals surface area contributed by atoms with Gasteiger partial charge in [-0.1, -0.05) is 62.4 Å². The Bertz CT molecular complexity index is 799. The zero-order chi connectivity index (χ0) is 20.9. The monoisotopic (exact) mass is 410 g/mol. The van der Waals surface area contributed by atoms with E-state index in [1.807, 2.05) is 55.5 Å². The number of hydrogen-bond acceptors (Lipinski definition) is 3. The van der Waals surface area contributed by atoms with Crippen LogP contribution in [0.25, 0.3) is 6.08 Å². The van der Waals surface area contributed by atoms with Crippen molar-refractivity contribution in [2.45, 2.75) is 46.0 Å².